The number of hydrogen-bond acceptors (Lipinski definition) is 0. The molecule has 3 aliphatic rings. The first kappa shape index (κ1) is 20.6. The normalized spacial score (nSPS) is 19.7. The van der Waals surface area contributed by atoms with Gasteiger partial charge in [0.25, 0.3) is 0 Å². The first-order valence-electron chi connectivity index (χ1n) is 12.3. The molecule has 0 atom stereocenters. The maximum atomic E-state index is 4.33. The zero-order chi connectivity index (χ0) is 21.4. The molecule has 3 aliphatic carbocycles. The summed E-state index contributed by atoms with van der Waals surface area (Å²) in [6.07, 6.45) is 15.2. The van der Waals surface area contributed by atoms with Gasteiger partial charge in [-0.1, -0.05) is 110 Å². The molecule has 2 aromatic rings. The summed E-state index contributed by atoms with van der Waals surface area (Å²) in [7, 11) is 0. The number of allylic oxidation sites excluding steroid dienone is 3. The van der Waals surface area contributed by atoms with E-state index in [-0.39, 0.29) is 0 Å². The third-order valence-corrected chi connectivity index (χ3v) is 7.98. The lowest BCUT2D eigenvalue weighted by atomic mass is 9.82. The second kappa shape index (κ2) is 8.65. The van der Waals surface area contributed by atoms with Gasteiger partial charge >= 0.3 is 0 Å². The van der Waals surface area contributed by atoms with Crippen LogP contribution >= 0.6 is 0 Å². The minimum atomic E-state index is 0.491. The summed E-state index contributed by atoms with van der Waals surface area (Å²) in [6, 6.07) is 14.1. The quantitative estimate of drug-likeness (QED) is 0.434. The van der Waals surface area contributed by atoms with Crippen LogP contribution < -0.4 is 0 Å². The smallest absolute Gasteiger partial charge is 0.00392 e. The van der Waals surface area contributed by atoms with Crippen LogP contribution in [0.25, 0.3) is 17.2 Å². The van der Waals surface area contributed by atoms with E-state index in [0.29, 0.717) is 5.92 Å². The molecule has 2 aromatic carbocycles. The van der Waals surface area contributed by atoms with Crippen molar-refractivity contribution in [1.29, 1.82) is 0 Å². The number of rotatable bonds is 5. The van der Waals surface area contributed by atoms with Crippen molar-refractivity contribution >= 4 is 6.08 Å². The second-order valence-electron chi connectivity index (χ2n) is 10.3. The third-order valence-electron chi connectivity index (χ3n) is 7.98. The van der Waals surface area contributed by atoms with E-state index < -0.39 is 0 Å². The van der Waals surface area contributed by atoms with Crippen LogP contribution in [0, 0.1) is 18.8 Å². The number of fused-ring (bicyclic) bond motifs is 1. The highest BCUT2D eigenvalue weighted by atomic mass is 14.3. The van der Waals surface area contributed by atoms with Gasteiger partial charge in [-0.05, 0) is 72.8 Å². The highest BCUT2D eigenvalue weighted by Crippen LogP contribution is 2.43. The summed E-state index contributed by atoms with van der Waals surface area (Å²) in [5.74, 6) is 1.35. The lowest BCUT2D eigenvalue weighted by Crippen LogP contribution is -2.10. The summed E-state index contributed by atoms with van der Waals surface area (Å²) in [4.78, 5) is 0. The molecule has 0 bridgehead atoms. The molecule has 2 saturated carbocycles. The molecule has 2 fully saturated rings. The molecular weight excluding hydrogens is 372 g/mol. The Morgan fingerprint density at radius 3 is 2.42 bits per heavy atom. The molecule has 0 radical (unpaired) electrons. The summed E-state index contributed by atoms with van der Waals surface area (Å²) >= 11 is 0. The maximum absolute atomic E-state index is 4.33. The summed E-state index contributed by atoms with van der Waals surface area (Å²) < 4.78 is 0. The van der Waals surface area contributed by atoms with Crippen LogP contribution in [0.5, 0.6) is 0 Å². The van der Waals surface area contributed by atoms with Crippen molar-refractivity contribution in [2.75, 3.05) is 0 Å². The lowest BCUT2D eigenvalue weighted by molar-refractivity contribution is 0.357. The molecule has 31 heavy (non-hydrogen) atoms. The van der Waals surface area contributed by atoms with Crippen molar-refractivity contribution in [2.45, 2.75) is 71.1 Å². The molecule has 0 aromatic heterocycles. The lowest BCUT2D eigenvalue weighted by Gasteiger charge is -2.23. The third kappa shape index (κ3) is 4.22. The fourth-order valence-corrected chi connectivity index (χ4v) is 6.15. The van der Waals surface area contributed by atoms with Gasteiger partial charge in [0.2, 0.25) is 0 Å². The van der Waals surface area contributed by atoms with E-state index in [4.69, 9.17) is 0 Å². The Morgan fingerprint density at radius 2 is 1.65 bits per heavy atom. The monoisotopic (exact) mass is 408 g/mol. The molecule has 0 N–H and O–H groups in total. The van der Waals surface area contributed by atoms with Gasteiger partial charge in [-0.25, -0.2) is 0 Å². The van der Waals surface area contributed by atoms with Crippen molar-refractivity contribution in [1.82, 2.24) is 0 Å². The van der Waals surface area contributed by atoms with Crippen molar-refractivity contribution in [3.05, 3.63) is 88.5 Å². The summed E-state index contributed by atoms with van der Waals surface area (Å²) in [6.45, 7) is 10.9. The minimum Gasteiger partial charge on any atom is -0.0992 e. The zero-order valence-corrected chi connectivity index (χ0v) is 19.2. The molecular formula is C31H36. The Labute approximate surface area is 188 Å². The van der Waals surface area contributed by atoms with Gasteiger partial charge in [-0.2, -0.15) is 0 Å². The van der Waals surface area contributed by atoms with Crippen LogP contribution in [0.4, 0.5) is 0 Å². The Hall–Kier alpha value is -2.34. The first-order valence-corrected chi connectivity index (χ1v) is 12.3. The molecule has 0 amide bonds. The fourth-order valence-electron chi connectivity index (χ4n) is 6.15. The standard InChI is InChI=1S/C31H36/c1-21-12-15-27(17-24-8-5-4-6-9-24)30(16-21)28-11-7-10-26-18-25(20-31(26)28)19-29-22(2)13-14-23(29)3/h7,10-12,15-16,18,24,29H,2-6,8-9,13-14,17,19-20H2,1H3. The van der Waals surface area contributed by atoms with Crippen LogP contribution in [0.2, 0.25) is 0 Å². The number of benzene rings is 2. The van der Waals surface area contributed by atoms with Gasteiger partial charge in [0.15, 0.2) is 0 Å². The topological polar surface area (TPSA) is 0 Å². The molecule has 5 rings (SSSR count). The van der Waals surface area contributed by atoms with Gasteiger partial charge in [0.1, 0.15) is 0 Å². The van der Waals surface area contributed by atoms with Gasteiger partial charge in [-0.15, -0.1) is 0 Å². The Balaban J connectivity index is 1.43. The predicted molar refractivity (Wildman–Crippen MR) is 134 cm³/mol. The van der Waals surface area contributed by atoms with E-state index in [1.165, 1.54) is 77.5 Å². The van der Waals surface area contributed by atoms with E-state index in [1.54, 1.807) is 11.1 Å². The van der Waals surface area contributed by atoms with Crippen molar-refractivity contribution in [3.8, 4) is 11.1 Å². The molecule has 0 nitrogen and oxygen atoms in total. The van der Waals surface area contributed by atoms with Crippen LogP contribution in [0.1, 0.15) is 73.6 Å². The van der Waals surface area contributed by atoms with E-state index >= 15 is 0 Å². The van der Waals surface area contributed by atoms with Crippen molar-refractivity contribution in [3.63, 3.8) is 0 Å². The molecule has 0 heterocycles. The average Bonchev–Trinajstić information content (AvgIpc) is 3.33. The first-order chi connectivity index (χ1) is 15.1. The summed E-state index contributed by atoms with van der Waals surface area (Å²) in [5.41, 5.74) is 13.1. The predicted octanol–water partition coefficient (Wildman–Crippen LogP) is 8.64. The van der Waals surface area contributed by atoms with Crippen LogP contribution in [0.3, 0.4) is 0 Å². The van der Waals surface area contributed by atoms with Gasteiger partial charge in [0, 0.05) is 5.92 Å². The molecule has 0 unspecified atom stereocenters. The van der Waals surface area contributed by atoms with Crippen LogP contribution in [0.15, 0.2) is 66.3 Å². The molecule has 160 valence electrons. The highest BCUT2D eigenvalue weighted by Gasteiger charge is 2.27. The van der Waals surface area contributed by atoms with E-state index in [0.717, 1.165) is 31.6 Å². The van der Waals surface area contributed by atoms with Gasteiger partial charge < -0.3 is 0 Å². The van der Waals surface area contributed by atoms with Crippen molar-refractivity contribution < 1.29 is 0 Å². The largest absolute Gasteiger partial charge is 0.0992 e. The van der Waals surface area contributed by atoms with Gasteiger partial charge in [-0.3, -0.25) is 0 Å². The SMILES string of the molecule is C=C1CCC(=C)C1CC1=Cc2cccc(-c3cc(C)ccc3CC3CCCCC3)c2C1. The van der Waals surface area contributed by atoms with Crippen LogP contribution in [-0.2, 0) is 12.8 Å². The number of aryl methyl sites for hydroxylation is 1. The Bertz CT molecular complexity index is 1030. The van der Waals surface area contributed by atoms with Crippen LogP contribution in [-0.4, -0.2) is 0 Å². The van der Waals surface area contributed by atoms with E-state index in [9.17, 15) is 0 Å². The molecule has 0 saturated heterocycles. The van der Waals surface area contributed by atoms with E-state index in [2.05, 4.69) is 62.6 Å². The zero-order valence-electron chi connectivity index (χ0n) is 19.2. The Kier molecular flexibility index (Phi) is 5.74. The maximum Gasteiger partial charge on any atom is 0.00392 e. The van der Waals surface area contributed by atoms with Crippen molar-refractivity contribution in [2.24, 2.45) is 11.8 Å². The fraction of sp³-hybridized carbons (Fsp3) is 0.419. The average molecular weight is 409 g/mol. The molecule has 0 aliphatic heterocycles. The molecule has 0 heteroatoms. The van der Waals surface area contributed by atoms with Gasteiger partial charge in [0.05, 0.1) is 0 Å². The Morgan fingerprint density at radius 1 is 0.871 bits per heavy atom. The minimum absolute atomic E-state index is 0.491. The summed E-state index contributed by atoms with van der Waals surface area (Å²) in [5, 5.41) is 0. The highest BCUT2D eigenvalue weighted by molar-refractivity contribution is 5.79. The van der Waals surface area contributed by atoms with E-state index in [1.807, 2.05) is 0 Å². The molecule has 0 spiro atoms. The second-order valence-corrected chi connectivity index (χ2v) is 10.3. The number of hydrogen-bond donors (Lipinski definition) is 0.